The molecule has 0 aliphatic heterocycles. The van der Waals surface area contributed by atoms with Gasteiger partial charge in [0, 0.05) is 12.0 Å². The molecule has 0 radical (unpaired) electrons. The Morgan fingerprint density at radius 1 is 0.800 bits per heavy atom. The summed E-state index contributed by atoms with van der Waals surface area (Å²) in [6.07, 6.45) is 0.892. The number of hydrogen-bond acceptors (Lipinski definition) is 6. The highest BCUT2D eigenvalue weighted by Gasteiger charge is 2.43. The molecule has 0 aliphatic rings. The third-order valence-corrected chi connectivity index (χ3v) is 22.6. The molecule has 2 atom stereocenters. The Morgan fingerprint density at radius 3 is 1.65 bits per heavy atom. The van der Waals surface area contributed by atoms with Crippen molar-refractivity contribution >= 4 is 37.2 Å². The first-order valence-corrected chi connectivity index (χ1v) is 23.2. The van der Waals surface area contributed by atoms with Crippen LogP contribution in [0, 0.1) is 5.92 Å². The van der Waals surface area contributed by atoms with Gasteiger partial charge in [0.1, 0.15) is 23.3 Å². The number of carbonyl (C=O) groups is 2. The summed E-state index contributed by atoms with van der Waals surface area (Å²) in [6.45, 7) is 34.6. The fraction of sp³-hybridized carbons (Fsp3) is 0.742. The maximum absolute atomic E-state index is 13.4. The Kier molecular flexibility index (Phi) is 11.4. The van der Waals surface area contributed by atoms with Crippen LogP contribution in [-0.2, 0) is 20.4 Å². The molecule has 0 heterocycles. The summed E-state index contributed by atoms with van der Waals surface area (Å²) in [6, 6.07) is 3.80. The first-order valence-electron chi connectivity index (χ1n) is 14.5. The van der Waals surface area contributed by atoms with Gasteiger partial charge in [-0.05, 0) is 72.4 Å². The second kappa shape index (κ2) is 12.4. The Morgan fingerprint density at radius 2 is 1.25 bits per heavy atom. The number of ether oxygens (including phenoxy) is 1. The van der Waals surface area contributed by atoms with Gasteiger partial charge < -0.3 is 22.8 Å². The van der Waals surface area contributed by atoms with Crippen LogP contribution >= 0.6 is 0 Å². The fourth-order valence-corrected chi connectivity index (χ4v) is 6.79. The van der Waals surface area contributed by atoms with Gasteiger partial charge in [-0.3, -0.25) is 0 Å². The number of methoxy groups -OCH3 is 1. The third kappa shape index (κ3) is 8.79. The van der Waals surface area contributed by atoms with Crippen LogP contribution in [0.25, 0.3) is 0 Å². The summed E-state index contributed by atoms with van der Waals surface area (Å²) in [5, 5.41) is -0.144. The largest absolute Gasteiger partial charge is 0.543 e. The van der Waals surface area contributed by atoms with Gasteiger partial charge in [0.05, 0.1) is 13.2 Å². The van der Waals surface area contributed by atoms with Crippen molar-refractivity contribution in [3.8, 4) is 11.5 Å². The lowest BCUT2D eigenvalue weighted by Crippen LogP contribution is -2.46. The molecule has 230 valence electrons. The quantitative estimate of drug-likeness (QED) is 0.141. The molecule has 0 saturated carbocycles. The lowest BCUT2D eigenvalue weighted by atomic mass is 9.95. The van der Waals surface area contributed by atoms with Crippen molar-refractivity contribution in [1.82, 2.24) is 0 Å². The highest BCUT2D eigenvalue weighted by molar-refractivity contribution is 6.75. The minimum absolute atomic E-state index is 0.0192. The fourth-order valence-electron chi connectivity index (χ4n) is 3.35. The Hall–Kier alpha value is -1.43. The van der Waals surface area contributed by atoms with E-state index in [1.807, 2.05) is 19.1 Å². The number of carbonyl (C=O) groups excluding carboxylic acids is 2. The van der Waals surface area contributed by atoms with E-state index in [0.29, 0.717) is 29.0 Å². The molecule has 9 heteroatoms. The molecule has 0 amide bonds. The van der Waals surface area contributed by atoms with Gasteiger partial charge in [0.2, 0.25) is 8.32 Å². The predicted octanol–water partition coefficient (Wildman–Crippen LogP) is 9.01. The standard InChI is InChI=1S/C31H58O6Si3/c1-22(21-32)25(36-39(14,15)30(5,6)7)19-23-18-24(35-38(12,13)29(2,3)4)20-26(27(23)28(33)34-11)37-40(16,17)31(8,9)10/h18,20-22,25H,19H2,1-17H3/t22-,25-/m1/s1. The molecule has 0 saturated heterocycles. The zero-order valence-corrected chi connectivity index (χ0v) is 31.5. The van der Waals surface area contributed by atoms with E-state index < -0.39 is 37.0 Å². The molecular weight excluding hydrogens is 553 g/mol. The molecule has 0 aliphatic carbocycles. The molecule has 1 aromatic carbocycles. The van der Waals surface area contributed by atoms with Crippen molar-refractivity contribution in [2.75, 3.05) is 7.11 Å². The maximum Gasteiger partial charge on any atom is 0.341 e. The third-order valence-electron chi connectivity index (χ3n) is 9.37. The molecule has 1 rings (SSSR count). The van der Waals surface area contributed by atoms with E-state index >= 15 is 0 Å². The van der Waals surface area contributed by atoms with Crippen LogP contribution in [0.2, 0.25) is 54.4 Å². The summed E-state index contributed by atoms with van der Waals surface area (Å²) in [5.74, 6) is 0.323. The first kappa shape index (κ1) is 36.6. The van der Waals surface area contributed by atoms with E-state index in [9.17, 15) is 9.59 Å². The van der Waals surface area contributed by atoms with E-state index in [0.717, 1.165) is 6.29 Å². The molecule has 6 nitrogen and oxygen atoms in total. The number of benzene rings is 1. The maximum atomic E-state index is 13.4. The minimum atomic E-state index is -2.34. The smallest absolute Gasteiger partial charge is 0.341 e. The van der Waals surface area contributed by atoms with Crippen LogP contribution in [0.1, 0.15) is 85.2 Å². The summed E-state index contributed by atoms with van der Waals surface area (Å²) < 4.78 is 25.7. The van der Waals surface area contributed by atoms with E-state index in [-0.39, 0.29) is 21.0 Å². The lowest BCUT2D eigenvalue weighted by molar-refractivity contribution is -0.113. The molecule has 0 aromatic heterocycles. The second-order valence-corrected chi connectivity index (χ2v) is 30.0. The molecule has 0 fully saturated rings. The minimum Gasteiger partial charge on any atom is -0.543 e. The first-order chi connectivity index (χ1) is 17.7. The van der Waals surface area contributed by atoms with Crippen LogP contribution in [-0.4, -0.2) is 50.4 Å². The Bertz CT molecular complexity index is 1040. The van der Waals surface area contributed by atoms with E-state index in [1.54, 1.807) is 0 Å². The highest BCUT2D eigenvalue weighted by Crippen LogP contribution is 2.44. The van der Waals surface area contributed by atoms with Crippen LogP contribution in [0.3, 0.4) is 0 Å². The summed E-state index contributed by atoms with van der Waals surface area (Å²) in [4.78, 5) is 25.5. The highest BCUT2D eigenvalue weighted by atomic mass is 28.4. The average molecular weight is 611 g/mol. The molecule has 1 aromatic rings. The van der Waals surface area contributed by atoms with Gasteiger partial charge in [0.25, 0.3) is 8.32 Å². The van der Waals surface area contributed by atoms with Crippen LogP contribution in [0.4, 0.5) is 0 Å². The monoisotopic (exact) mass is 610 g/mol. The molecule has 40 heavy (non-hydrogen) atoms. The molecule has 0 N–H and O–H groups in total. The van der Waals surface area contributed by atoms with Crippen LogP contribution < -0.4 is 8.85 Å². The van der Waals surface area contributed by atoms with Crippen LogP contribution in [0.5, 0.6) is 11.5 Å². The molecule has 0 bridgehead atoms. The van der Waals surface area contributed by atoms with Gasteiger partial charge in [-0.1, -0.05) is 69.2 Å². The summed E-state index contributed by atoms with van der Waals surface area (Å²) >= 11 is 0. The van der Waals surface area contributed by atoms with Crippen molar-refractivity contribution in [3.63, 3.8) is 0 Å². The molecular formula is C31H58O6Si3. The number of hydrogen-bond donors (Lipinski definition) is 0. The van der Waals surface area contributed by atoms with E-state index in [2.05, 4.69) is 102 Å². The zero-order valence-electron chi connectivity index (χ0n) is 28.5. The number of rotatable bonds is 11. The van der Waals surface area contributed by atoms with E-state index in [1.165, 1.54) is 7.11 Å². The van der Waals surface area contributed by atoms with E-state index in [4.69, 9.17) is 18.0 Å². The van der Waals surface area contributed by atoms with Crippen molar-refractivity contribution in [2.24, 2.45) is 5.92 Å². The topological polar surface area (TPSA) is 71.1 Å². The molecule has 0 spiro atoms. The van der Waals surface area contributed by atoms with Crippen molar-refractivity contribution in [1.29, 1.82) is 0 Å². The van der Waals surface area contributed by atoms with Crippen molar-refractivity contribution < 1.29 is 27.6 Å². The number of esters is 1. The van der Waals surface area contributed by atoms with Gasteiger partial charge in [-0.25, -0.2) is 4.79 Å². The summed E-state index contributed by atoms with van der Waals surface area (Å²) in [7, 11) is -5.40. The number of aldehydes is 1. The van der Waals surface area contributed by atoms with Crippen molar-refractivity contribution in [2.45, 2.75) is 136 Å². The Labute approximate surface area is 248 Å². The predicted molar refractivity (Wildman–Crippen MR) is 174 cm³/mol. The zero-order chi connectivity index (χ0) is 31.7. The second-order valence-electron chi connectivity index (χ2n) is 15.8. The van der Waals surface area contributed by atoms with Crippen LogP contribution in [0.15, 0.2) is 12.1 Å². The normalized spacial score (nSPS) is 15.3. The lowest BCUT2D eigenvalue weighted by Gasteiger charge is -2.41. The van der Waals surface area contributed by atoms with Gasteiger partial charge >= 0.3 is 5.97 Å². The van der Waals surface area contributed by atoms with Crippen molar-refractivity contribution in [3.05, 3.63) is 23.3 Å². The average Bonchev–Trinajstić information content (AvgIpc) is 2.74. The van der Waals surface area contributed by atoms with Gasteiger partial charge in [0.15, 0.2) is 8.32 Å². The van der Waals surface area contributed by atoms with Gasteiger partial charge in [-0.2, -0.15) is 0 Å². The van der Waals surface area contributed by atoms with Gasteiger partial charge in [-0.15, -0.1) is 0 Å². The SMILES string of the molecule is COC(=O)c1c(C[C@@H](O[Si](C)(C)C(C)(C)C)[C@H](C)C=O)cc(O[Si](C)(C)C(C)(C)C)cc1O[Si](C)(C)C(C)(C)C. The Balaban J connectivity index is 3.96. The molecule has 0 unspecified atom stereocenters. The summed E-state index contributed by atoms with van der Waals surface area (Å²) in [5.41, 5.74) is 1.10.